The summed E-state index contributed by atoms with van der Waals surface area (Å²) in [5.74, 6) is 0.141. The molecule has 2 fully saturated rings. The van der Waals surface area contributed by atoms with E-state index < -0.39 is 0 Å². The Bertz CT molecular complexity index is 429. The van der Waals surface area contributed by atoms with Crippen LogP contribution in [-0.4, -0.2) is 22.8 Å². The molecule has 0 aromatic carbocycles. The van der Waals surface area contributed by atoms with Crippen molar-refractivity contribution < 1.29 is 4.79 Å². The summed E-state index contributed by atoms with van der Waals surface area (Å²) in [6, 6.07) is 0. The van der Waals surface area contributed by atoms with Gasteiger partial charge in [-0.05, 0) is 18.3 Å². The number of carbonyl (C=O) groups is 1. The molecule has 2 aliphatic rings. The molecule has 0 saturated heterocycles. The summed E-state index contributed by atoms with van der Waals surface area (Å²) in [7, 11) is 0. The van der Waals surface area contributed by atoms with Crippen molar-refractivity contribution in [2.45, 2.75) is 26.7 Å². The molecule has 0 amide bonds. The van der Waals surface area contributed by atoms with Gasteiger partial charge in [-0.1, -0.05) is 29.8 Å². The minimum Gasteiger partial charge on any atom is -0.369 e. The van der Waals surface area contributed by atoms with Gasteiger partial charge in [0.25, 0.3) is 0 Å². The molecule has 0 aromatic rings. The molecular weight excluding hydrogens is 284 g/mol. The van der Waals surface area contributed by atoms with Gasteiger partial charge in [0.15, 0.2) is 5.78 Å². The van der Waals surface area contributed by atoms with Crippen LogP contribution in [0.5, 0.6) is 0 Å². The van der Waals surface area contributed by atoms with Gasteiger partial charge in [0.2, 0.25) is 5.96 Å². The van der Waals surface area contributed by atoms with Crippen LogP contribution < -0.4 is 11.5 Å². The lowest BCUT2D eigenvalue weighted by Gasteiger charge is -2.33. The maximum atomic E-state index is 12.4. The Morgan fingerprint density at radius 3 is 2.65 bits per heavy atom. The standard InChI is InChI=1S/C11H17BrN4O/c1-10-4-3-6(11(10,2)5-12)7(8(10)17)15-16-9(13)14/h6H,3-5H2,1-2H3,(H4,13,14,16)/b15-7+. The van der Waals surface area contributed by atoms with E-state index in [0.29, 0.717) is 5.71 Å². The van der Waals surface area contributed by atoms with Crippen molar-refractivity contribution in [3.05, 3.63) is 0 Å². The topological polar surface area (TPSA) is 93.8 Å². The molecule has 94 valence electrons. The number of halogens is 1. The molecule has 3 unspecified atom stereocenters. The van der Waals surface area contributed by atoms with Crippen LogP contribution in [0.1, 0.15) is 26.7 Å². The van der Waals surface area contributed by atoms with Crippen LogP contribution >= 0.6 is 15.9 Å². The fraction of sp³-hybridized carbons (Fsp3) is 0.727. The number of ketones is 1. The predicted octanol–water partition coefficient (Wildman–Crippen LogP) is 1.02. The monoisotopic (exact) mass is 300 g/mol. The van der Waals surface area contributed by atoms with Crippen molar-refractivity contribution in [1.29, 1.82) is 0 Å². The SMILES string of the molecule is CC12CCC(/C(=N\N=C(N)N)C1=O)C2(C)CBr. The zero-order chi connectivity index (χ0) is 12.8. The van der Waals surface area contributed by atoms with E-state index in [1.807, 2.05) is 6.92 Å². The highest BCUT2D eigenvalue weighted by atomic mass is 79.9. The van der Waals surface area contributed by atoms with Gasteiger partial charge in [0.1, 0.15) is 5.71 Å². The first-order valence-electron chi connectivity index (χ1n) is 5.64. The quantitative estimate of drug-likeness (QED) is 0.345. The highest BCUT2D eigenvalue weighted by molar-refractivity contribution is 9.09. The Hall–Kier alpha value is -0.910. The lowest BCUT2D eigenvalue weighted by atomic mass is 9.70. The van der Waals surface area contributed by atoms with Gasteiger partial charge in [0.05, 0.1) is 0 Å². The van der Waals surface area contributed by atoms with E-state index in [2.05, 4.69) is 33.1 Å². The molecule has 0 aliphatic heterocycles. The average molecular weight is 301 g/mol. The van der Waals surface area contributed by atoms with Crippen molar-refractivity contribution in [2.24, 2.45) is 38.4 Å². The number of Topliss-reactive ketones (excluding diaryl/α,β-unsaturated/α-hetero) is 1. The molecule has 6 heteroatoms. The number of rotatable bonds is 2. The predicted molar refractivity (Wildman–Crippen MR) is 71.0 cm³/mol. The second kappa shape index (κ2) is 3.80. The molecule has 5 nitrogen and oxygen atoms in total. The maximum Gasteiger partial charge on any atom is 0.211 e. The maximum absolute atomic E-state index is 12.4. The fourth-order valence-corrected chi connectivity index (χ4v) is 4.15. The molecule has 2 bridgehead atoms. The smallest absolute Gasteiger partial charge is 0.211 e. The van der Waals surface area contributed by atoms with Gasteiger partial charge in [-0.15, -0.1) is 10.2 Å². The Morgan fingerprint density at radius 2 is 2.18 bits per heavy atom. The normalized spacial score (nSPS) is 42.2. The van der Waals surface area contributed by atoms with Crippen molar-refractivity contribution in [1.82, 2.24) is 0 Å². The van der Waals surface area contributed by atoms with E-state index in [1.165, 1.54) is 0 Å². The summed E-state index contributed by atoms with van der Waals surface area (Å²) in [4.78, 5) is 12.4. The lowest BCUT2D eigenvalue weighted by Crippen LogP contribution is -2.36. The highest BCUT2D eigenvalue weighted by Gasteiger charge is 2.66. The highest BCUT2D eigenvalue weighted by Crippen LogP contribution is 2.63. The number of carbonyl (C=O) groups excluding carboxylic acids is 1. The van der Waals surface area contributed by atoms with E-state index in [1.54, 1.807) is 0 Å². The van der Waals surface area contributed by atoms with Gasteiger partial charge in [-0.2, -0.15) is 0 Å². The second-order valence-electron chi connectivity index (χ2n) is 5.31. The van der Waals surface area contributed by atoms with E-state index in [9.17, 15) is 4.79 Å². The summed E-state index contributed by atoms with van der Waals surface area (Å²) in [6.45, 7) is 4.16. The van der Waals surface area contributed by atoms with Crippen LogP contribution in [0.4, 0.5) is 0 Å². The number of nitrogens with zero attached hydrogens (tertiary/aromatic N) is 2. The second-order valence-corrected chi connectivity index (χ2v) is 5.87. The first kappa shape index (κ1) is 12.5. The molecule has 0 radical (unpaired) electrons. The van der Waals surface area contributed by atoms with E-state index >= 15 is 0 Å². The number of alkyl halides is 1. The lowest BCUT2D eigenvalue weighted by molar-refractivity contribution is -0.123. The van der Waals surface area contributed by atoms with Crippen LogP contribution in [0.2, 0.25) is 0 Å². The van der Waals surface area contributed by atoms with Crippen molar-refractivity contribution in [3.8, 4) is 0 Å². The average Bonchev–Trinajstić information content (AvgIpc) is 2.62. The van der Waals surface area contributed by atoms with Gasteiger partial charge in [-0.3, -0.25) is 4.79 Å². The third kappa shape index (κ3) is 1.46. The van der Waals surface area contributed by atoms with Crippen molar-refractivity contribution >= 4 is 33.4 Å². The molecule has 0 spiro atoms. The molecule has 0 heterocycles. The molecule has 17 heavy (non-hydrogen) atoms. The molecule has 2 aliphatic carbocycles. The molecule has 2 rings (SSSR count). The van der Waals surface area contributed by atoms with Crippen LogP contribution in [-0.2, 0) is 4.79 Å². The summed E-state index contributed by atoms with van der Waals surface area (Å²) in [5, 5.41) is 8.38. The number of nitrogens with two attached hydrogens (primary N) is 2. The Labute approximate surface area is 109 Å². The molecule has 3 atom stereocenters. The summed E-state index contributed by atoms with van der Waals surface area (Å²) in [6.07, 6.45) is 1.89. The summed E-state index contributed by atoms with van der Waals surface area (Å²) in [5.41, 5.74) is 10.6. The number of fused-ring (bicyclic) bond motifs is 2. The first-order chi connectivity index (χ1) is 7.87. The zero-order valence-electron chi connectivity index (χ0n) is 10.0. The Kier molecular flexibility index (Phi) is 2.80. The zero-order valence-corrected chi connectivity index (χ0v) is 11.6. The Morgan fingerprint density at radius 1 is 1.53 bits per heavy atom. The van der Waals surface area contributed by atoms with Crippen molar-refractivity contribution in [2.75, 3.05) is 5.33 Å². The third-order valence-electron chi connectivity index (χ3n) is 4.58. The van der Waals surface area contributed by atoms with Crippen LogP contribution in [0.3, 0.4) is 0 Å². The molecule has 2 saturated carbocycles. The van der Waals surface area contributed by atoms with Crippen LogP contribution in [0.15, 0.2) is 10.2 Å². The minimum atomic E-state index is -0.334. The van der Waals surface area contributed by atoms with Gasteiger partial charge in [0, 0.05) is 16.7 Å². The Balaban J connectivity index is 2.46. The number of hydrogen-bond acceptors (Lipinski definition) is 3. The molecule has 4 N–H and O–H groups in total. The summed E-state index contributed by atoms with van der Waals surface area (Å²) < 4.78 is 0. The molecule has 0 aromatic heterocycles. The number of hydrogen-bond donors (Lipinski definition) is 2. The van der Waals surface area contributed by atoms with Gasteiger partial charge in [-0.25, -0.2) is 0 Å². The van der Waals surface area contributed by atoms with E-state index in [-0.39, 0.29) is 28.5 Å². The first-order valence-corrected chi connectivity index (χ1v) is 6.76. The van der Waals surface area contributed by atoms with Gasteiger partial charge >= 0.3 is 0 Å². The fourth-order valence-electron chi connectivity index (χ4n) is 3.14. The van der Waals surface area contributed by atoms with E-state index in [0.717, 1.165) is 18.2 Å². The van der Waals surface area contributed by atoms with Gasteiger partial charge < -0.3 is 11.5 Å². The third-order valence-corrected chi connectivity index (χ3v) is 5.74. The number of guanidine groups is 1. The summed E-state index contributed by atoms with van der Waals surface area (Å²) >= 11 is 3.53. The van der Waals surface area contributed by atoms with Crippen LogP contribution in [0, 0.1) is 16.7 Å². The van der Waals surface area contributed by atoms with E-state index in [4.69, 9.17) is 11.5 Å². The van der Waals surface area contributed by atoms with Crippen molar-refractivity contribution in [3.63, 3.8) is 0 Å². The van der Waals surface area contributed by atoms with Crippen LogP contribution in [0.25, 0.3) is 0 Å². The largest absolute Gasteiger partial charge is 0.369 e. The molecular formula is C11H17BrN4O. The minimum absolute atomic E-state index is 0.0816.